The SMILES string of the molecule is O=S(=O)(NCc1ccccc1)NCc1ccccc1. The predicted octanol–water partition coefficient (Wildman–Crippen LogP) is 1.81. The van der Waals surface area contributed by atoms with E-state index in [1.54, 1.807) is 0 Å². The van der Waals surface area contributed by atoms with Gasteiger partial charge in [0.05, 0.1) is 0 Å². The first-order chi connectivity index (χ1) is 9.16. The number of rotatable bonds is 6. The van der Waals surface area contributed by atoms with Crippen LogP contribution in [-0.2, 0) is 23.3 Å². The molecule has 0 saturated heterocycles. The highest BCUT2D eigenvalue weighted by atomic mass is 32.2. The maximum Gasteiger partial charge on any atom is 0.277 e. The molecule has 2 N–H and O–H groups in total. The molecule has 0 aliphatic carbocycles. The van der Waals surface area contributed by atoms with Gasteiger partial charge in [0, 0.05) is 13.1 Å². The lowest BCUT2D eigenvalue weighted by Gasteiger charge is -2.08. The molecule has 5 heteroatoms. The van der Waals surface area contributed by atoms with Gasteiger partial charge in [-0.25, -0.2) is 0 Å². The maximum absolute atomic E-state index is 11.8. The van der Waals surface area contributed by atoms with E-state index in [0.29, 0.717) is 0 Å². The summed E-state index contributed by atoms with van der Waals surface area (Å²) in [5.74, 6) is 0. The van der Waals surface area contributed by atoms with Crippen LogP contribution in [0.3, 0.4) is 0 Å². The molecule has 2 aromatic rings. The third-order valence-corrected chi connectivity index (χ3v) is 3.67. The summed E-state index contributed by atoms with van der Waals surface area (Å²) < 4.78 is 28.5. The second kappa shape index (κ2) is 6.47. The molecule has 2 aromatic carbocycles. The minimum Gasteiger partial charge on any atom is -0.198 e. The van der Waals surface area contributed by atoms with Crippen molar-refractivity contribution in [1.29, 1.82) is 0 Å². The second-order valence-corrected chi connectivity index (χ2v) is 5.70. The molecule has 4 nitrogen and oxygen atoms in total. The van der Waals surface area contributed by atoms with E-state index in [9.17, 15) is 8.42 Å². The van der Waals surface area contributed by atoms with Gasteiger partial charge in [-0.15, -0.1) is 0 Å². The van der Waals surface area contributed by atoms with Gasteiger partial charge in [0.1, 0.15) is 0 Å². The molecule has 0 amide bonds. The van der Waals surface area contributed by atoms with E-state index < -0.39 is 10.2 Å². The first-order valence-corrected chi connectivity index (χ1v) is 7.46. The standard InChI is InChI=1S/C14H16N2O2S/c17-19(18,15-11-13-7-3-1-4-8-13)16-12-14-9-5-2-6-10-14/h1-10,15-16H,11-12H2. The lowest BCUT2D eigenvalue weighted by Crippen LogP contribution is -2.35. The van der Waals surface area contributed by atoms with Crippen LogP contribution in [0.25, 0.3) is 0 Å². The normalized spacial score (nSPS) is 11.4. The predicted molar refractivity (Wildman–Crippen MR) is 75.5 cm³/mol. The van der Waals surface area contributed by atoms with E-state index in [0.717, 1.165) is 11.1 Å². The monoisotopic (exact) mass is 276 g/mol. The zero-order valence-corrected chi connectivity index (χ0v) is 11.2. The van der Waals surface area contributed by atoms with Crippen LogP contribution in [0.2, 0.25) is 0 Å². The van der Waals surface area contributed by atoms with Crippen LogP contribution < -0.4 is 9.44 Å². The summed E-state index contributed by atoms with van der Waals surface area (Å²) in [6.45, 7) is 0.565. The number of hydrogen-bond donors (Lipinski definition) is 2. The smallest absolute Gasteiger partial charge is 0.198 e. The Bertz CT molecular complexity index is 548. The highest BCUT2D eigenvalue weighted by Crippen LogP contribution is 2.00. The number of nitrogens with one attached hydrogen (secondary N) is 2. The highest BCUT2D eigenvalue weighted by molar-refractivity contribution is 7.87. The van der Waals surface area contributed by atoms with Gasteiger partial charge in [-0.05, 0) is 11.1 Å². The molecule has 0 radical (unpaired) electrons. The van der Waals surface area contributed by atoms with Gasteiger partial charge in [-0.2, -0.15) is 17.9 Å². The van der Waals surface area contributed by atoms with Crippen molar-refractivity contribution >= 4 is 10.2 Å². The van der Waals surface area contributed by atoms with Crippen LogP contribution in [0.15, 0.2) is 60.7 Å². The molecule has 19 heavy (non-hydrogen) atoms. The Balaban J connectivity index is 1.86. The zero-order valence-electron chi connectivity index (χ0n) is 10.4. The minimum absolute atomic E-state index is 0.283. The van der Waals surface area contributed by atoms with E-state index in [1.165, 1.54) is 0 Å². The largest absolute Gasteiger partial charge is 0.277 e. The molecule has 2 rings (SSSR count). The van der Waals surface area contributed by atoms with Crippen LogP contribution in [0.5, 0.6) is 0 Å². The summed E-state index contributed by atoms with van der Waals surface area (Å²) in [6, 6.07) is 18.8. The van der Waals surface area contributed by atoms with E-state index in [2.05, 4.69) is 9.44 Å². The van der Waals surface area contributed by atoms with E-state index in [-0.39, 0.29) is 13.1 Å². The van der Waals surface area contributed by atoms with Gasteiger partial charge in [0.2, 0.25) is 0 Å². The van der Waals surface area contributed by atoms with Gasteiger partial charge in [0.25, 0.3) is 10.2 Å². The summed E-state index contributed by atoms with van der Waals surface area (Å²) in [5, 5.41) is 0. The van der Waals surface area contributed by atoms with Gasteiger partial charge in [-0.3, -0.25) is 0 Å². The molecule has 0 atom stereocenters. The third kappa shape index (κ3) is 4.82. The molecular formula is C14H16N2O2S. The average molecular weight is 276 g/mol. The van der Waals surface area contributed by atoms with Gasteiger partial charge >= 0.3 is 0 Å². The quantitative estimate of drug-likeness (QED) is 0.845. The number of benzene rings is 2. The van der Waals surface area contributed by atoms with Crippen molar-refractivity contribution in [3.63, 3.8) is 0 Å². The Kier molecular flexibility index (Phi) is 4.68. The van der Waals surface area contributed by atoms with Crippen molar-refractivity contribution in [3.8, 4) is 0 Å². The summed E-state index contributed by atoms with van der Waals surface area (Å²) in [6.07, 6.45) is 0. The minimum atomic E-state index is -3.48. The van der Waals surface area contributed by atoms with Gasteiger partial charge < -0.3 is 0 Å². The van der Waals surface area contributed by atoms with Crippen molar-refractivity contribution in [2.75, 3.05) is 0 Å². The fraction of sp³-hybridized carbons (Fsp3) is 0.143. The van der Waals surface area contributed by atoms with Crippen molar-refractivity contribution in [2.45, 2.75) is 13.1 Å². The average Bonchev–Trinajstić information content (AvgIpc) is 2.46. The Labute approximate surface area is 113 Å². The lowest BCUT2D eigenvalue weighted by atomic mass is 10.2. The van der Waals surface area contributed by atoms with E-state index in [4.69, 9.17) is 0 Å². The zero-order chi connectivity index (χ0) is 13.6. The van der Waals surface area contributed by atoms with E-state index >= 15 is 0 Å². The first-order valence-electron chi connectivity index (χ1n) is 5.98. The molecule has 0 saturated carbocycles. The molecule has 100 valence electrons. The van der Waals surface area contributed by atoms with Crippen molar-refractivity contribution in [1.82, 2.24) is 9.44 Å². The molecule has 0 aliphatic rings. The van der Waals surface area contributed by atoms with Gasteiger partial charge in [-0.1, -0.05) is 60.7 Å². The molecule has 0 heterocycles. The third-order valence-electron chi connectivity index (χ3n) is 2.62. The molecule has 0 fully saturated rings. The highest BCUT2D eigenvalue weighted by Gasteiger charge is 2.08. The van der Waals surface area contributed by atoms with E-state index in [1.807, 2.05) is 60.7 Å². The second-order valence-electron chi connectivity index (χ2n) is 4.12. The Morgan fingerprint density at radius 3 is 1.42 bits per heavy atom. The summed E-state index contributed by atoms with van der Waals surface area (Å²) in [5.41, 5.74) is 1.85. The van der Waals surface area contributed by atoms with Gasteiger partial charge in [0.15, 0.2) is 0 Å². The topological polar surface area (TPSA) is 58.2 Å². The Hall–Kier alpha value is -1.69. The van der Waals surface area contributed by atoms with Crippen LogP contribution >= 0.6 is 0 Å². The summed E-state index contributed by atoms with van der Waals surface area (Å²) in [7, 11) is -3.48. The first kappa shape index (κ1) is 13.7. The lowest BCUT2D eigenvalue weighted by molar-refractivity contribution is 0.566. The molecule has 0 aromatic heterocycles. The maximum atomic E-state index is 11.8. The van der Waals surface area contributed by atoms with Crippen LogP contribution in [-0.4, -0.2) is 8.42 Å². The Morgan fingerprint density at radius 2 is 1.05 bits per heavy atom. The van der Waals surface area contributed by atoms with Crippen LogP contribution in [0.1, 0.15) is 11.1 Å². The fourth-order valence-corrected chi connectivity index (χ4v) is 2.41. The van der Waals surface area contributed by atoms with Crippen molar-refractivity contribution < 1.29 is 8.42 Å². The Morgan fingerprint density at radius 1 is 0.684 bits per heavy atom. The molecular weight excluding hydrogens is 260 g/mol. The van der Waals surface area contributed by atoms with Crippen molar-refractivity contribution in [2.24, 2.45) is 0 Å². The molecule has 0 spiro atoms. The molecule has 0 unspecified atom stereocenters. The summed E-state index contributed by atoms with van der Waals surface area (Å²) >= 11 is 0. The van der Waals surface area contributed by atoms with Crippen LogP contribution in [0, 0.1) is 0 Å². The number of hydrogen-bond acceptors (Lipinski definition) is 2. The van der Waals surface area contributed by atoms with Crippen molar-refractivity contribution in [3.05, 3.63) is 71.8 Å². The fourth-order valence-electron chi connectivity index (χ4n) is 1.60. The molecule has 0 aliphatic heterocycles. The summed E-state index contributed by atoms with van der Waals surface area (Å²) in [4.78, 5) is 0. The molecule has 0 bridgehead atoms. The van der Waals surface area contributed by atoms with Crippen LogP contribution in [0.4, 0.5) is 0 Å².